The minimum atomic E-state index is -0.496. The van der Waals surface area contributed by atoms with Crippen LogP contribution in [0.4, 0.5) is 0 Å². The van der Waals surface area contributed by atoms with Crippen molar-refractivity contribution < 1.29 is 10.2 Å². The van der Waals surface area contributed by atoms with E-state index in [1.807, 2.05) is 24.3 Å². The summed E-state index contributed by atoms with van der Waals surface area (Å²) in [6.45, 7) is 2.25. The monoisotopic (exact) mass is 250 g/mol. The molecule has 4 heteroatoms. The number of aliphatic hydroxyl groups excluding tert-OH is 2. The molecule has 1 heterocycles. The normalized spacial score (nSPS) is 22.3. The van der Waals surface area contributed by atoms with Crippen LogP contribution in [0.5, 0.6) is 0 Å². The first-order chi connectivity index (χ1) is 8.74. The smallest absolute Gasteiger partial charge is 0.0917 e. The van der Waals surface area contributed by atoms with Gasteiger partial charge in [-0.05, 0) is 30.5 Å². The first kappa shape index (κ1) is 13.5. The summed E-state index contributed by atoms with van der Waals surface area (Å²) in [5, 5.41) is 19.5. The molecule has 1 aliphatic heterocycles. The first-order valence-corrected chi connectivity index (χ1v) is 6.56. The molecule has 1 aromatic carbocycles. The zero-order chi connectivity index (χ0) is 13.0. The third kappa shape index (κ3) is 3.09. The van der Waals surface area contributed by atoms with Gasteiger partial charge in [-0.3, -0.25) is 4.90 Å². The minimum Gasteiger partial charge on any atom is -0.395 e. The second-order valence-electron chi connectivity index (χ2n) is 4.94. The molecule has 0 spiro atoms. The average Bonchev–Trinajstić information content (AvgIpc) is 2.86. The summed E-state index contributed by atoms with van der Waals surface area (Å²) in [4.78, 5) is 2.17. The Kier molecular flexibility index (Phi) is 4.72. The van der Waals surface area contributed by atoms with Gasteiger partial charge >= 0.3 is 0 Å². The Labute approximate surface area is 108 Å². The van der Waals surface area contributed by atoms with E-state index in [1.165, 1.54) is 0 Å². The van der Waals surface area contributed by atoms with E-state index in [2.05, 4.69) is 4.90 Å². The lowest BCUT2D eigenvalue weighted by Crippen LogP contribution is -2.35. The highest BCUT2D eigenvalue weighted by Crippen LogP contribution is 2.22. The van der Waals surface area contributed by atoms with Crippen LogP contribution in [0.15, 0.2) is 24.3 Å². The van der Waals surface area contributed by atoms with Crippen molar-refractivity contribution in [1.29, 1.82) is 0 Å². The van der Waals surface area contributed by atoms with Crippen LogP contribution < -0.4 is 5.73 Å². The molecule has 1 fully saturated rings. The van der Waals surface area contributed by atoms with Gasteiger partial charge in [0.1, 0.15) is 0 Å². The number of hydrogen-bond acceptors (Lipinski definition) is 4. The highest BCUT2D eigenvalue weighted by Gasteiger charge is 2.25. The van der Waals surface area contributed by atoms with Crippen LogP contribution in [0.25, 0.3) is 0 Å². The fourth-order valence-corrected chi connectivity index (χ4v) is 2.55. The van der Waals surface area contributed by atoms with Gasteiger partial charge in [-0.2, -0.15) is 0 Å². The number of nitrogens with two attached hydrogens (primary N) is 1. The van der Waals surface area contributed by atoms with Crippen LogP contribution in [-0.2, 0) is 6.54 Å². The fraction of sp³-hybridized carbons (Fsp3) is 0.571. The molecular weight excluding hydrogens is 228 g/mol. The van der Waals surface area contributed by atoms with E-state index in [4.69, 9.17) is 5.73 Å². The molecule has 1 aliphatic rings. The summed E-state index contributed by atoms with van der Waals surface area (Å²) < 4.78 is 0. The Morgan fingerprint density at radius 2 is 2.06 bits per heavy atom. The summed E-state index contributed by atoms with van der Waals surface area (Å²) in [5.74, 6) is 0. The number of likely N-dealkylation sites (tertiary alicyclic amines) is 1. The predicted octanol–water partition coefficient (Wildman–Crippen LogP) is 0.635. The molecule has 2 unspecified atom stereocenters. The Morgan fingerprint density at radius 3 is 2.67 bits per heavy atom. The quantitative estimate of drug-likeness (QED) is 0.717. The van der Waals surface area contributed by atoms with Gasteiger partial charge in [0.05, 0.1) is 12.7 Å². The second-order valence-corrected chi connectivity index (χ2v) is 4.94. The van der Waals surface area contributed by atoms with E-state index in [-0.39, 0.29) is 12.6 Å². The summed E-state index contributed by atoms with van der Waals surface area (Å²) in [7, 11) is 0. The van der Waals surface area contributed by atoms with E-state index in [1.54, 1.807) is 0 Å². The maximum Gasteiger partial charge on any atom is 0.0917 e. The third-order valence-corrected chi connectivity index (χ3v) is 3.72. The van der Waals surface area contributed by atoms with Gasteiger partial charge in [0.15, 0.2) is 0 Å². The third-order valence-electron chi connectivity index (χ3n) is 3.72. The largest absolute Gasteiger partial charge is 0.395 e. The Bertz CT molecular complexity index is 367. The van der Waals surface area contributed by atoms with Crippen molar-refractivity contribution in [1.82, 2.24) is 4.90 Å². The molecule has 4 N–H and O–H groups in total. The number of aliphatic hydroxyl groups is 2. The molecule has 100 valence electrons. The standard InChI is InChI=1S/C14H22N2O2/c15-8-11-3-5-12(6-4-11)14(18)9-16-7-1-2-13(16)10-17/h3-6,13-14,17-18H,1-2,7-10,15H2. The molecule has 0 radical (unpaired) electrons. The molecule has 4 nitrogen and oxygen atoms in total. The SMILES string of the molecule is NCc1ccc(C(O)CN2CCCC2CO)cc1. The molecule has 2 atom stereocenters. The predicted molar refractivity (Wildman–Crippen MR) is 71.0 cm³/mol. The van der Waals surface area contributed by atoms with Crippen LogP contribution in [0.2, 0.25) is 0 Å². The summed E-state index contributed by atoms with van der Waals surface area (Å²) in [6.07, 6.45) is 1.63. The number of benzene rings is 1. The van der Waals surface area contributed by atoms with Crippen molar-refractivity contribution in [2.24, 2.45) is 5.73 Å². The second kappa shape index (κ2) is 6.29. The van der Waals surface area contributed by atoms with E-state index in [0.29, 0.717) is 13.1 Å². The highest BCUT2D eigenvalue weighted by molar-refractivity contribution is 5.24. The summed E-state index contributed by atoms with van der Waals surface area (Å²) in [5.41, 5.74) is 7.53. The zero-order valence-electron chi connectivity index (χ0n) is 10.6. The van der Waals surface area contributed by atoms with Crippen molar-refractivity contribution in [2.75, 3.05) is 19.7 Å². The molecule has 1 saturated heterocycles. The van der Waals surface area contributed by atoms with Crippen molar-refractivity contribution in [2.45, 2.75) is 31.5 Å². The summed E-state index contributed by atoms with van der Waals surface area (Å²) in [6, 6.07) is 7.97. The van der Waals surface area contributed by atoms with E-state index in [9.17, 15) is 10.2 Å². The minimum absolute atomic E-state index is 0.179. The molecule has 18 heavy (non-hydrogen) atoms. The zero-order valence-corrected chi connectivity index (χ0v) is 10.6. The van der Waals surface area contributed by atoms with Crippen molar-refractivity contribution in [3.05, 3.63) is 35.4 Å². The molecule has 0 amide bonds. The van der Waals surface area contributed by atoms with Gasteiger partial charge in [-0.15, -0.1) is 0 Å². The maximum atomic E-state index is 10.2. The Balaban J connectivity index is 1.95. The van der Waals surface area contributed by atoms with Crippen LogP contribution in [0.1, 0.15) is 30.1 Å². The van der Waals surface area contributed by atoms with Gasteiger partial charge in [-0.25, -0.2) is 0 Å². The molecule has 1 aromatic rings. The molecule has 0 aliphatic carbocycles. The van der Waals surface area contributed by atoms with E-state index < -0.39 is 6.10 Å². The maximum absolute atomic E-state index is 10.2. The topological polar surface area (TPSA) is 69.7 Å². The fourth-order valence-electron chi connectivity index (χ4n) is 2.55. The van der Waals surface area contributed by atoms with Crippen LogP contribution in [0, 0.1) is 0 Å². The van der Waals surface area contributed by atoms with Crippen molar-refractivity contribution in [3.63, 3.8) is 0 Å². The number of hydrogen-bond donors (Lipinski definition) is 3. The number of rotatable bonds is 5. The van der Waals surface area contributed by atoms with Gasteiger partial charge in [0.2, 0.25) is 0 Å². The van der Waals surface area contributed by atoms with Crippen LogP contribution in [-0.4, -0.2) is 40.9 Å². The first-order valence-electron chi connectivity index (χ1n) is 6.56. The van der Waals surface area contributed by atoms with Gasteiger partial charge in [0.25, 0.3) is 0 Å². The van der Waals surface area contributed by atoms with Gasteiger partial charge in [0, 0.05) is 19.1 Å². The average molecular weight is 250 g/mol. The lowest BCUT2D eigenvalue weighted by atomic mass is 10.1. The van der Waals surface area contributed by atoms with Crippen molar-refractivity contribution in [3.8, 4) is 0 Å². The Hall–Kier alpha value is -0.940. The molecule has 0 bridgehead atoms. The van der Waals surface area contributed by atoms with Crippen LogP contribution in [0.3, 0.4) is 0 Å². The van der Waals surface area contributed by atoms with Crippen molar-refractivity contribution >= 4 is 0 Å². The lowest BCUT2D eigenvalue weighted by Gasteiger charge is -2.25. The molecule has 2 rings (SSSR count). The van der Waals surface area contributed by atoms with Crippen LogP contribution >= 0.6 is 0 Å². The molecule has 0 saturated carbocycles. The van der Waals surface area contributed by atoms with Gasteiger partial charge in [-0.1, -0.05) is 24.3 Å². The Morgan fingerprint density at radius 1 is 1.33 bits per heavy atom. The highest BCUT2D eigenvalue weighted by atomic mass is 16.3. The molecule has 0 aromatic heterocycles. The van der Waals surface area contributed by atoms with Gasteiger partial charge < -0.3 is 15.9 Å². The van der Waals surface area contributed by atoms with E-state index >= 15 is 0 Å². The lowest BCUT2D eigenvalue weighted by molar-refractivity contribution is 0.0850. The number of nitrogens with zero attached hydrogens (tertiary/aromatic N) is 1. The summed E-state index contributed by atoms with van der Waals surface area (Å²) >= 11 is 0. The molecular formula is C14H22N2O2. The number of β-amino-alcohol motifs (C(OH)–C–C–N with tert-alkyl or cyclic N) is 1. The van der Waals surface area contributed by atoms with E-state index in [0.717, 1.165) is 30.5 Å².